The van der Waals surface area contributed by atoms with Crippen LogP contribution in [0.3, 0.4) is 0 Å². The smallest absolute Gasteiger partial charge is 0.810 e. The minimum absolute atomic E-state index is 0. The Morgan fingerprint density at radius 1 is 0.955 bits per heavy atom. The number of nitrogens with zero attached hydrogens (tertiary/aromatic N) is 1. The average molecular weight is 407 g/mol. The summed E-state index contributed by atoms with van der Waals surface area (Å²) in [7, 11) is -9.16. The molecule has 22 heavy (non-hydrogen) atoms. The van der Waals surface area contributed by atoms with Crippen LogP contribution in [0.15, 0.2) is 0 Å². The molecule has 0 aliphatic rings. The summed E-state index contributed by atoms with van der Waals surface area (Å²) in [6, 6.07) is 0. The van der Waals surface area contributed by atoms with Gasteiger partial charge in [-0.15, -0.1) is 0 Å². The molecule has 0 aromatic heterocycles. The number of hydrogen-bond donors (Lipinski definition) is 2. The average Bonchev–Trinajstić information content (AvgIpc) is 2.17. The molecule has 0 aromatic rings. The zero-order chi connectivity index (χ0) is 15.8. The van der Waals surface area contributed by atoms with Crippen molar-refractivity contribution in [1.29, 1.82) is 0 Å². The molecule has 0 aliphatic heterocycles. The molecule has 0 rings (SSSR count). The molecule has 0 spiro atoms. The van der Waals surface area contributed by atoms with E-state index in [9.17, 15) is 18.9 Å². The Bertz CT molecular complexity index is 336. The second kappa shape index (κ2) is 15.6. The van der Waals surface area contributed by atoms with E-state index in [1.54, 1.807) is 0 Å². The van der Waals surface area contributed by atoms with E-state index in [0.717, 1.165) is 30.6 Å². The predicted molar refractivity (Wildman–Crippen MR) is 74.0 cm³/mol. The van der Waals surface area contributed by atoms with Crippen LogP contribution in [0.4, 0.5) is 0 Å². The van der Waals surface area contributed by atoms with Crippen LogP contribution in [0.25, 0.3) is 0 Å². The van der Waals surface area contributed by atoms with E-state index in [4.69, 9.17) is 9.79 Å². The summed E-state index contributed by atoms with van der Waals surface area (Å²) in [4.78, 5) is 40.2. The molecule has 122 valence electrons. The Morgan fingerprint density at radius 2 is 1.45 bits per heavy atom. The van der Waals surface area contributed by atoms with Gasteiger partial charge < -0.3 is 24.1 Å². The second-order valence-electron chi connectivity index (χ2n) is 5.55. The van der Waals surface area contributed by atoms with Crippen molar-refractivity contribution in [2.75, 3.05) is 19.1 Å². The Labute approximate surface area is 218 Å². The van der Waals surface area contributed by atoms with Crippen LogP contribution < -0.4 is 113 Å². The molecule has 0 heterocycles. The minimum Gasteiger partial charge on any atom is -0.810 e. The van der Waals surface area contributed by atoms with Crippen molar-refractivity contribution in [2.24, 2.45) is 5.92 Å². The summed E-state index contributed by atoms with van der Waals surface area (Å²) in [5, 5.41) is 0. The minimum atomic E-state index is -4.80. The topological polar surface area (TPSA) is 124 Å². The first kappa shape index (κ1) is 30.3. The fourth-order valence-corrected chi connectivity index (χ4v) is 3.58. The Kier molecular flexibility index (Phi) is 21.4. The third-order valence-electron chi connectivity index (χ3n) is 2.76. The zero-order valence-electron chi connectivity index (χ0n) is 14.1. The van der Waals surface area contributed by atoms with Crippen LogP contribution in [0.1, 0.15) is 46.0 Å². The molecule has 7 nitrogen and oxygen atoms in total. The Balaban J connectivity index is -0.00000180. The van der Waals surface area contributed by atoms with Crippen LogP contribution in [0, 0.1) is 5.92 Å². The Morgan fingerprint density at radius 3 is 1.86 bits per heavy atom. The molecular weight excluding hydrogens is 382 g/mol. The van der Waals surface area contributed by atoms with Gasteiger partial charge in [0.25, 0.3) is 0 Å². The summed E-state index contributed by atoms with van der Waals surface area (Å²) in [5.41, 5.74) is 0. The first-order valence-electron chi connectivity index (χ1n) is 6.77. The van der Waals surface area contributed by atoms with Crippen molar-refractivity contribution in [3.63, 3.8) is 0 Å². The summed E-state index contributed by atoms with van der Waals surface area (Å²) in [6.07, 6.45) is 3.16. The van der Waals surface area contributed by atoms with E-state index in [-0.39, 0.29) is 109 Å². The summed E-state index contributed by atoms with van der Waals surface area (Å²) in [5.74, 6) is 0.646. The van der Waals surface area contributed by atoms with Crippen molar-refractivity contribution in [2.45, 2.75) is 46.0 Å². The molecule has 0 radical (unpaired) electrons. The van der Waals surface area contributed by atoms with Crippen LogP contribution in [0.2, 0.25) is 0 Å². The zero-order valence-corrected chi connectivity index (χ0v) is 22.1. The van der Waals surface area contributed by atoms with Gasteiger partial charge in [0.1, 0.15) is 6.29 Å². The maximum Gasteiger partial charge on any atom is 1.00 e. The summed E-state index contributed by atoms with van der Waals surface area (Å²) >= 11 is 0. The maximum atomic E-state index is 10.9. The van der Waals surface area contributed by atoms with Crippen molar-refractivity contribution in [3.8, 4) is 0 Å². The molecule has 0 saturated heterocycles. The van der Waals surface area contributed by atoms with E-state index in [2.05, 4.69) is 13.8 Å². The molecule has 0 bridgehead atoms. The van der Waals surface area contributed by atoms with Gasteiger partial charge in [0, 0.05) is 6.29 Å². The molecule has 0 atom stereocenters. The molecule has 11 heteroatoms. The largest absolute Gasteiger partial charge is 1.00 e. The van der Waals surface area contributed by atoms with Gasteiger partial charge in [0.15, 0.2) is 0 Å². The van der Waals surface area contributed by atoms with Gasteiger partial charge in [-0.2, -0.15) is 0 Å². The van der Waals surface area contributed by atoms with Crippen LogP contribution >= 0.6 is 15.2 Å². The number of hydrogen-bond acceptors (Lipinski definition) is 5. The molecule has 0 aliphatic carbocycles. The van der Waals surface area contributed by atoms with E-state index < -0.39 is 27.8 Å². The van der Waals surface area contributed by atoms with Gasteiger partial charge in [-0.1, -0.05) is 47.1 Å². The third kappa shape index (κ3) is 23.5. The van der Waals surface area contributed by atoms with E-state index in [1.807, 2.05) is 0 Å². The summed E-state index contributed by atoms with van der Waals surface area (Å²) < 4.78 is 21.6. The standard InChI is InChI=1S/C11H27NO6P2.2K/c1-11(2)7-5-3-4-6-8-12(9-19(13,14)15)10-20(16,17)18;;/h11H,3-10H2,1-2H3,(H2,13,14,15)(H2,16,17,18);;/q;2*+1/p-2. The number of unbranched alkanes of at least 4 members (excludes halogenated alkanes) is 3. The van der Waals surface area contributed by atoms with Gasteiger partial charge in [-0.05, 0) is 18.9 Å². The van der Waals surface area contributed by atoms with Crippen molar-refractivity contribution >= 4 is 15.2 Å². The van der Waals surface area contributed by atoms with E-state index in [1.165, 1.54) is 0 Å². The quantitative estimate of drug-likeness (QED) is 0.199. The normalized spacial score (nSPS) is 12.2. The molecular formula is C11H25K2NO6P2. The third-order valence-corrected chi connectivity index (χ3v) is 4.28. The predicted octanol–water partition coefficient (Wildman–Crippen LogP) is -5.09. The van der Waals surface area contributed by atoms with Gasteiger partial charge in [0.2, 0.25) is 0 Å². The second-order valence-corrected chi connectivity index (χ2v) is 8.67. The van der Waals surface area contributed by atoms with Crippen LogP contribution in [-0.4, -0.2) is 33.8 Å². The molecule has 0 aromatic carbocycles. The first-order valence-corrected chi connectivity index (χ1v) is 10.3. The van der Waals surface area contributed by atoms with Crippen LogP contribution in [-0.2, 0) is 9.13 Å². The molecule has 0 unspecified atom stereocenters. The Hall–Kier alpha value is 3.53. The monoisotopic (exact) mass is 407 g/mol. The first-order chi connectivity index (χ1) is 8.99. The van der Waals surface area contributed by atoms with Crippen LogP contribution in [0.5, 0.6) is 0 Å². The van der Waals surface area contributed by atoms with E-state index in [0.29, 0.717) is 12.3 Å². The van der Waals surface area contributed by atoms with Gasteiger partial charge in [-0.25, -0.2) is 0 Å². The molecule has 0 saturated carbocycles. The number of rotatable bonds is 11. The fraction of sp³-hybridized carbons (Fsp3) is 1.00. The maximum absolute atomic E-state index is 10.9. The van der Waals surface area contributed by atoms with Gasteiger partial charge >= 0.3 is 110 Å². The molecule has 2 N–H and O–H groups in total. The molecule has 0 fully saturated rings. The summed E-state index contributed by atoms with van der Waals surface area (Å²) in [6.45, 7) is 4.49. The molecule has 0 amide bonds. The fourth-order valence-electron chi connectivity index (χ4n) is 1.93. The van der Waals surface area contributed by atoms with Crippen molar-refractivity contribution < 1.29 is 131 Å². The van der Waals surface area contributed by atoms with Crippen molar-refractivity contribution in [1.82, 2.24) is 4.90 Å². The van der Waals surface area contributed by atoms with Crippen molar-refractivity contribution in [3.05, 3.63) is 0 Å². The van der Waals surface area contributed by atoms with E-state index >= 15 is 0 Å². The van der Waals surface area contributed by atoms with Gasteiger partial charge in [0.05, 0.1) is 0 Å². The van der Waals surface area contributed by atoms with Gasteiger partial charge in [-0.3, -0.25) is 9.46 Å². The SMILES string of the molecule is CC(C)CCCCCCN(CP(=O)([O-])[O-])CP(=O)(O)O.[K+].[K+].